The molecule has 0 saturated heterocycles. The maximum Gasteiger partial charge on any atom is 0.257 e. The third-order valence-corrected chi connectivity index (χ3v) is 7.44. The zero-order valence-corrected chi connectivity index (χ0v) is 17.8. The number of thiazole rings is 2. The van der Waals surface area contributed by atoms with Crippen LogP contribution in [0.4, 0.5) is 10.8 Å². The van der Waals surface area contributed by atoms with Crippen LogP contribution in [0.1, 0.15) is 15.9 Å². The van der Waals surface area contributed by atoms with Gasteiger partial charge in [-0.1, -0.05) is 23.1 Å². The lowest BCUT2D eigenvalue weighted by Crippen LogP contribution is -2.14. The zero-order valence-electron chi connectivity index (χ0n) is 15.4. The third-order valence-electron chi connectivity index (χ3n) is 4.23. The van der Waals surface area contributed by atoms with E-state index in [1.165, 1.54) is 11.3 Å². The summed E-state index contributed by atoms with van der Waals surface area (Å²) in [7, 11) is 3.98. The van der Waals surface area contributed by atoms with Gasteiger partial charge in [0, 0.05) is 25.3 Å². The van der Waals surface area contributed by atoms with Crippen LogP contribution in [0, 0.1) is 6.92 Å². The predicted molar refractivity (Wildman–Crippen MR) is 118 cm³/mol. The number of rotatable bonds is 4. The lowest BCUT2D eigenvalue weighted by Gasteiger charge is -2.16. The van der Waals surface area contributed by atoms with E-state index in [2.05, 4.69) is 15.3 Å². The van der Waals surface area contributed by atoms with E-state index in [9.17, 15) is 4.79 Å². The molecule has 27 heavy (non-hydrogen) atoms. The van der Waals surface area contributed by atoms with Crippen molar-refractivity contribution in [2.45, 2.75) is 11.3 Å². The number of fused-ring (bicyclic) bond motifs is 3. The number of anilines is 2. The van der Waals surface area contributed by atoms with E-state index in [0.29, 0.717) is 10.7 Å². The fourth-order valence-corrected chi connectivity index (χ4v) is 5.61. The minimum atomic E-state index is -0.146. The molecule has 4 rings (SSSR count). The summed E-state index contributed by atoms with van der Waals surface area (Å²) >= 11 is 4.80. The molecule has 0 spiro atoms. The van der Waals surface area contributed by atoms with Crippen LogP contribution in [-0.4, -0.2) is 36.2 Å². The number of thioether (sulfide) groups is 1. The third kappa shape index (κ3) is 3.40. The first kappa shape index (κ1) is 18.2. The summed E-state index contributed by atoms with van der Waals surface area (Å²) < 4.78 is 3.23. The predicted octanol–water partition coefficient (Wildman–Crippen LogP) is 5.25. The van der Waals surface area contributed by atoms with Gasteiger partial charge in [-0.2, -0.15) is 0 Å². The SMILES string of the molecule is CSc1nc2ccc3nc(NC(=O)c4ccc(N(C)C)c(C)c4)sc3c2s1. The van der Waals surface area contributed by atoms with Crippen LogP contribution in [-0.2, 0) is 0 Å². The standard InChI is InChI=1S/C19H18N4OS3/c1-10-9-11(5-8-14(10)23(2)3)17(24)22-18-20-12-6-7-13-16(15(12)26-18)27-19(21-13)25-4/h5-9H,1-4H3,(H,20,22,24). The quantitative estimate of drug-likeness (QED) is 0.462. The van der Waals surface area contributed by atoms with E-state index >= 15 is 0 Å². The molecule has 2 aromatic carbocycles. The molecule has 0 fully saturated rings. The Balaban J connectivity index is 1.65. The summed E-state index contributed by atoms with van der Waals surface area (Å²) in [6.07, 6.45) is 2.02. The summed E-state index contributed by atoms with van der Waals surface area (Å²) in [5.74, 6) is -0.146. The largest absolute Gasteiger partial charge is 0.377 e. The Kier molecular flexibility index (Phi) is 4.79. The Morgan fingerprint density at radius 3 is 2.44 bits per heavy atom. The highest BCUT2D eigenvalue weighted by molar-refractivity contribution is 8.00. The maximum absolute atomic E-state index is 12.7. The molecule has 0 saturated carbocycles. The molecule has 1 amide bonds. The molecule has 5 nitrogen and oxygen atoms in total. The number of nitrogens with zero attached hydrogens (tertiary/aromatic N) is 3. The van der Waals surface area contributed by atoms with Gasteiger partial charge in [-0.3, -0.25) is 10.1 Å². The molecule has 0 unspecified atom stereocenters. The lowest BCUT2D eigenvalue weighted by molar-refractivity contribution is 0.102. The highest BCUT2D eigenvalue weighted by atomic mass is 32.2. The molecule has 4 aromatic rings. The Bertz CT molecular complexity index is 1160. The first-order valence-corrected chi connectivity index (χ1v) is 11.2. The average Bonchev–Trinajstić information content (AvgIpc) is 3.23. The molecule has 1 N–H and O–H groups in total. The molecule has 0 bridgehead atoms. The number of aryl methyl sites for hydroxylation is 1. The minimum absolute atomic E-state index is 0.146. The van der Waals surface area contributed by atoms with Gasteiger partial charge in [0.15, 0.2) is 9.47 Å². The van der Waals surface area contributed by atoms with Crippen molar-refractivity contribution in [1.82, 2.24) is 9.97 Å². The smallest absolute Gasteiger partial charge is 0.257 e. The van der Waals surface area contributed by atoms with E-state index < -0.39 is 0 Å². The second-order valence-corrected chi connectivity index (χ2v) is 9.37. The van der Waals surface area contributed by atoms with Crippen molar-refractivity contribution < 1.29 is 4.79 Å². The van der Waals surface area contributed by atoms with Crippen LogP contribution in [0.3, 0.4) is 0 Å². The number of benzene rings is 2. The number of amides is 1. The summed E-state index contributed by atoms with van der Waals surface area (Å²) in [6.45, 7) is 2.01. The topological polar surface area (TPSA) is 58.1 Å². The summed E-state index contributed by atoms with van der Waals surface area (Å²) in [6, 6.07) is 9.67. The molecule has 0 aliphatic carbocycles. The van der Waals surface area contributed by atoms with Crippen molar-refractivity contribution in [1.29, 1.82) is 0 Å². The van der Waals surface area contributed by atoms with Crippen LogP contribution in [0.15, 0.2) is 34.7 Å². The normalized spacial score (nSPS) is 11.3. The molecule has 0 aliphatic heterocycles. The fourth-order valence-electron chi connectivity index (χ4n) is 2.96. The van der Waals surface area contributed by atoms with Crippen LogP contribution < -0.4 is 10.2 Å². The average molecular weight is 415 g/mol. The number of carbonyl (C=O) groups is 1. The maximum atomic E-state index is 12.7. The van der Waals surface area contributed by atoms with Crippen molar-refractivity contribution in [3.05, 3.63) is 41.5 Å². The van der Waals surface area contributed by atoms with Gasteiger partial charge in [0.25, 0.3) is 5.91 Å². The van der Waals surface area contributed by atoms with Crippen molar-refractivity contribution >= 4 is 71.6 Å². The second kappa shape index (κ2) is 7.10. The highest BCUT2D eigenvalue weighted by Gasteiger charge is 2.15. The zero-order chi connectivity index (χ0) is 19.1. The molecule has 2 aromatic heterocycles. The molecular weight excluding hydrogens is 396 g/mol. The summed E-state index contributed by atoms with van der Waals surface area (Å²) in [4.78, 5) is 23.9. The molecule has 0 radical (unpaired) electrons. The van der Waals surface area contributed by atoms with Crippen LogP contribution in [0.25, 0.3) is 20.4 Å². The van der Waals surface area contributed by atoms with Gasteiger partial charge in [0.2, 0.25) is 0 Å². The van der Waals surface area contributed by atoms with Gasteiger partial charge < -0.3 is 4.90 Å². The van der Waals surface area contributed by atoms with E-state index in [1.807, 2.05) is 62.5 Å². The van der Waals surface area contributed by atoms with Crippen molar-refractivity contribution in [2.75, 3.05) is 30.6 Å². The second-order valence-electron chi connectivity index (χ2n) is 6.31. The van der Waals surface area contributed by atoms with Gasteiger partial charge >= 0.3 is 0 Å². The van der Waals surface area contributed by atoms with E-state index in [-0.39, 0.29) is 5.91 Å². The summed E-state index contributed by atoms with van der Waals surface area (Å²) in [5, 5.41) is 3.55. The monoisotopic (exact) mass is 414 g/mol. The van der Waals surface area contributed by atoms with Crippen molar-refractivity contribution in [3.63, 3.8) is 0 Å². The lowest BCUT2D eigenvalue weighted by atomic mass is 10.1. The molecular formula is C19H18N4OS3. The van der Waals surface area contributed by atoms with E-state index in [4.69, 9.17) is 0 Å². The molecule has 2 heterocycles. The number of nitrogens with one attached hydrogen (secondary N) is 1. The molecule has 138 valence electrons. The number of hydrogen-bond acceptors (Lipinski definition) is 7. The van der Waals surface area contributed by atoms with E-state index in [1.54, 1.807) is 23.1 Å². The highest BCUT2D eigenvalue weighted by Crippen LogP contribution is 2.38. The number of hydrogen-bond donors (Lipinski definition) is 1. The molecule has 8 heteroatoms. The van der Waals surface area contributed by atoms with Gasteiger partial charge in [-0.05, 0) is 49.1 Å². The number of aromatic nitrogens is 2. The molecule has 0 atom stereocenters. The fraction of sp³-hybridized carbons (Fsp3) is 0.211. The first-order valence-electron chi connectivity index (χ1n) is 8.29. The van der Waals surface area contributed by atoms with Gasteiger partial charge in [0.1, 0.15) is 0 Å². The Morgan fingerprint density at radius 1 is 1.07 bits per heavy atom. The van der Waals surface area contributed by atoms with Crippen molar-refractivity contribution in [3.8, 4) is 0 Å². The van der Waals surface area contributed by atoms with Crippen molar-refractivity contribution in [2.24, 2.45) is 0 Å². The van der Waals surface area contributed by atoms with Crippen LogP contribution in [0.5, 0.6) is 0 Å². The summed E-state index contributed by atoms with van der Waals surface area (Å²) in [5.41, 5.74) is 4.66. The van der Waals surface area contributed by atoms with Gasteiger partial charge in [0.05, 0.1) is 20.4 Å². The molecule has 0 aliphatic rings. The Labute approximate surface area is 169 Å². The Morgan fingerprint density at radius 2 is 1.78 bits per heavy atom. The van der Waals surface area contributed by atoms with Gasteiger partial charge in [-0.15, -0.1) is 11.3 Å². The van der Waals surface area contributed by atoms with Crippen LogP contribution in [0.2, 0.25) is 0 Å². The first-order chi connectivity index (χ1) is 13.0. The van der Waals surface area contributed by atoms with E-state index in [0.717, 1.165) is 36.0 Å². The number of carbonyl (C=O) groups excluding carboxylic acids is 1. The van der Waals surface area contributed by atoms with Gasteiger partial charge in [-0.25, -0.2) is 9.97 Å². The minimum Gasteiger partial charge on any atom is -0.377 e. The Hall–Kier alpha value is -2.16. The van der Waals surface area contributed by atoms with Crippen LogP contribution >= 0.6 is 34.4 Å².